The van der Waals surface area contributed by atoms with Crippen molar-refractivity contribution in [2.45, 2.75) is 12.4 Å². The van der Waals surface area contributed by atoms with Gasteiger partial charge in [0.25, 0.3) is 0 Å². The van der Waals surface area contributed by atoms with Gasteiger partial charge in [-0.3, -0.25) is 0 Å². The lowest BCUT2D eigenvalue weighted by atomic mass is 10.1. The summed E-state index contributed by atoms with van der Waals surface area (Å²) in [6, 6.07) is 4.13. The van der Waals surface area contributed by atoms with Crippen molar-refractivity contribution in [1.29, 1.82) is 0 Å². The Morgan fingerprint density at radius 1 is 0.913 bits per heavy atom. The van der Waals surface area contributed by atoms with Crippen LogP contribution in [0.5, 0.6) is 5.75 Å². The number of halogens is 7. The molecule has 0 saturated carbocycles. The van der Waals surface area contributed by atoms with Crippen molar-refractivity contribution in [2.75, 3.05) is 0 Å². The van der Waals surface area contributed by atoms with Gasteiger partial charge >= 0.3 is 12.4 Å². The maximum atomic E-state index is 13.2. The first kappa shape index (κ1) is 16.6. The van der Waals surface area contributed by atoms with Crippen molar-refractivity contribution in [1.82, 2.24) is 0 Å². The van der Waals surface area contributed by atoms with E-state index in [-0.39, 0.29) is 23.7 Å². The minimum Gasteiger partial charge on any atom is -0.507 e. The topological polar surface area (TPSA) is 20.2 Å². The molecule has 1 aromatic heterocycles. The molecule has 3 aromatic rings. The average molecular weight is 462 g/mol. The fraction of sp³-hybridized carbons (Fsp3) is 0.143. The number of thiophene rings is 1. The Hall–Kier alpha value is -1.23. The Morgan fingerprint density at radius 2 is 1.57 bits per heavy atom. The lowest BCUT2D eigenvalue weighted by Crippen LogP contribution is -2.07. The highest BCUT2D eigenvalue weighted by atomic mass is 127. The van der Waals surface area contributed by atoms with Crippen LogP contribution in [-0.4, -0.2) is 5.11 Å². The molecule has 0 saturated heterocycles. The molecule has 0 aliphatic rings. The number of phenols is 1. The van der Waals surface area contributed by atoms with Crippen LogP contribution in [0.3, 0.4) is 0 Å². The molecule has 122 valence electrons. The van der Waals surface area contributed by atoms with Crippen LogP contribution in [0.4, 0.5) is 26.3 Å². The van der Waals surface area contributed by atoms with Crippen molar-refractivity contribution in [2.24, 2.45) is 0 Å². The first-order valence-corrected chi connectivity index (χ1v) is 7.92. The van der Waals surface area contributed by atoms with E-state index in [1.54, 1.807) is 22.6 Å². The van der Waals surface area contributed by atoms with E-state index < -0.39 is 29.2 Å². The number of hydrogen-bond acceptors (Lipinski definition) is 2. The highest BCUT2D eigenvalue weighted by Crippen LogP contribution is 2.47. The van der Waals surface area contributed by atoms with Gasteiger partial charge in [-0.25, -0.2) is 0 Å². The van der Waals surface area contributed by atoms with Gasteiger partial charge in [-0.15, -0.1) is 11.3 Å². The summed E-state index contributed by atoms with van der Waals surface area (Å²) in [7, 11) is 0. The quantitative estimate of drug-likeness (QED) is 0.303. The number of hydrogen-bond donors (Lipinski definition) is 1. The average Bonchev–Trinajstić information content (AvgIpc) is 2.71. The van der Waals surface area contributed by atoms with Gasteiger partial charge in [-0.1, -0.05) is 6.07 Å². The number of aromatic hydroxyl groups is 1. The summed E-state index contributed by atoms with van der Waals surface area (Å²) in [6.45, 7) is 0. The molecule has 1 heterocycles. The van der Waals surface area contributed by atoms with Crippen LogP contribution in [0.1, 0.15) is 11.1 Å². The largest absolute Gasteiger partial charge is 0.507 e. The minimum absolute atomic E-state index is 0.0329. The van der Waals surface area contributed by atoms with Crippen molar-refractivity contribution in [3.8, 4) is 5.75 Å². The molecule has 0 radical (unpaired) electrons. The van der Waals surface area contributed by atoms with E-state index in [2.05, 4.69) is 0 Å². The van der Waals surface area contributed by atoms with Crippen LogP contribution >= 0.6 is 33.9 Å². The Labute approximate surface area is 142 Å². The predicted molar refractivity (Wildman–Crippen MR) is 83.7 cm³/mol. The smallest absolute Gasteiger partial charge is 0.419 e. The molecule has 1 nitrogen and oxygen atoms in total. The van der Waals surface area contributed by atoms with Gasteiger partial charge in [0.05, 0.1) is 11.1 Å². The van der Waals surface area contributed by atoms with E-state index in [4.69, 9.17) is 0 Å². The lowest BCUT2D eigenvalue weighted by Gasteiger charge is -2.10. The van der Waals surface area contributed by atoms with Crippen LogP contribution in [0, 0.1) is 3.57 Å². The third-order valence-corrected chi connectivity index (χ3v) is 5.38. The van der Waals surface area contributed by atoms with Crippen molar-refractivity contribution >= 4 is 54.1 Å². The molecule has 0 amide bonds. The standard InChI is InChI=1S/C14H5F6IOS/c15-13(16,17)7-3-6-5-1-2-8(21)11(14(18,19)20)12(5)23-10(6)4-9(7)22/h1-4,22H. The number of phenolic OH excluding ortho intramolecular Hbond substituents is 1. The van der Waals surface area contributed by atoms with Gasteiger partial charge in [0.2, 0.25) is 0 Å². The first-order valence-electron chi connectivity index (χ1n) is 6.02. The van der Waals surface area contributed by atoms with Crippen LogP contribution in [0.2, 0.25) is 0 Å². The summed E-state index contributed by atoms with van der Waals surface area (Å²) in [4.78, 5) is 0. The van der Waals surface area contributed by atoms with E-state index in [0.717, 1.165) is 6.07 Å². The molecule has 3 rings (SSSR count). The summed E-state index contributed by atoms with van der Waals surface area (Å²) in [5.41, 5.74) is -2.14. The van der Waals surface area contributed by atoms with E-state index in [1.807, 2.05) is 0 Å². The first-order chi connectivity index (χ1) is 10.5. The zero-order valence-corrected chi connectivity index (χ0v) is 13.8. The van der Waals surface area contributed by atoms with Crippen LogP contribution in [-0.2, 0) is 12.4 Å². The Morgan fingerprint density at radius 3 is 2.13 bits per heavy atom. The summed E-state index contributed by atoms with van der Waals surface area (Å²) in [6.07, 6.45) is -9.41. The Kier molecular flexibility index (Phi) is 3.71. The zero-order chi connectivity index (χ0) is 17.2. The van der Waals surface area contributed by atoms with Crippen LogP contribution < -0.4 is 0 Å². The van der Waals surface area contributed by atoms with E-state index >= 15 is 0 Å². The fourth-order valence-electron chi connectivity index (χ4n) is 2.34. The highest BCUT2D eigenvalue weighted by molar-refractivity contribution is 14.1. The molecule has 9 heteroatoms. The second kappa shape index (κ2) is 5.13. The van der Waals surface area contributed by atoms with Gasteiger partial charge in [0.15, 0.2) is 0 Å². The lowest BCUT2D eigenvalue weighted by molar-refractivity contribution is -0.139. The summed E-state index contributed by atoms with van der Waals surface area (Å²) < 4.78 is 78.3. The molecule has 0 atom stereocenters. The van der Waals surface area contributed by atoms with E-state index in [1.165, 1.54) is 12.1 Å². The van der Waals surface area contributed by atoms with Crippen molar-refractivity contribution in [3.63, 3.8) is 0 Å². The normalized spacial score (nSPS) is 13.2. The molecule has 0 unspecified atom stereocenters. The van der Waals surface area contributed by atoms with Gasteiger partial charge < -0.3 is 5.11 Å². The number of rotatable bonds is 0. The molecule has 0 spiro atoms. The van der Waals surface area contributed by atoms with Crippen molar-refractivity contribution in [3.05, 3.63) is 39.0 Å². The molecule has 23 heavy (non-hydrogen) atoms. The number of alkyl halides is 6. The molecular formula is C14H5F6IOS. The molecular weight excluding hydrogens is 457 g/mol. The fourth-order valence-corrected chi connectivity index (χ4v) is 4.57. The Bertz CT molecular complexity index is 925. The molecule has 1 N–H and O–H groups in total. The zero-order valence-electron chi connectivity index (χ0n) is 10.8. The van der Waals surface area contributed by atoms with Gasteiger partial charge in [-0.2, -0.15) is 26.3 Å². The number of fused-ring (bicyclic) bond motifs is 3. The SMILES string of the molecule is Oc1cc2sc3c(C(F)(F)F)c(I)ccc3c2cc1C(F)(F)F. The number of benzene rings is 2. The summed E-state index contributed by atoms with van der Waals surface area (Å²) in [5.74, 6) is -1.00. The second-order valence-electron chi connectivity index (χ2n) is 4.76. The predicted octanol–water partition coefficient (Wildman–Crippen LogP) is 6.40. The van der Waals surface area contributed by atoms with Crippen LogP contribution in [0.25, 0.3) is 20.2 Å². The minimum atomic E-state index is -4.79. The van der Waals surface area contributed by atoms with E-state index in [0.29, 0.717) is 17.4 Å². The van der Waals surface area contributed by atoms with Crippen molar-refractivity contribution < 1.29 is 31.4 Å². The third kappa shape index (κ3) is 2.73. The summed E-state index contributed by atoms with van der Waals surface area (Å²) in [5, 5.41) is 9.64. The molecule has 0 aliphatic carbocycles. The maximum Gasteiger partial charge on any atom is 0.419 e. The molecule has 0 aliphatic heterocycles. The maximum absolute atomic E-state index is 13.2. The van der Waals surface area contributed by atoms with Gasteiger partial charge in [-0.05, 0) is 40.8 Å². The van der Waals surface area contributed by atoms with Gasteiger partial charge in [0.1, 0.15) is 5.75 Å². The molecule has 0 bridgehead atoms. The molecule has 2 aromatic carbocycles. The van der Waals surface area contributed by atoms with Crippen LogP contribution in [0.15, 0.2) is 24.3 Å². The summed E-state index contributed by atoms with van der Waals surface area (Å²) >= 11 is 2.25. The molecule has 0 fully saturated rings. The van der Waals surface area contributed by atoms with E-state index in [9.17, 15) is 31.4 Å². The van der Waals surface area contributed by atoms with Gasteiger partial charge in [0, 0.05) is 23.7 Å². The highest BCUT2D eigenvalue weighted by Gasteiger charge is 2.37. The third-order valence-electron chi connectivity index (χ3n) is 3.30. The second-order valence-corrected chi connectivity index (χ2v) is 6.98. The monoisotopic (exact) mass is 462 g/mol. The Balaban J connectivity index is 2.45.